The standard InChI is InChI=1S/C11H4F4N2O4/c12-3-1-4(13)8(15)9(7(3)14)16-10(18)5-2-6(11(19)20)21-17-5/h1-2H,(H,16,18)(H,19,20). The van der Waals surface area contributed by atoms with E-state index in [1.54, 1.807) is 5.32 Å². The van der Waals surface area contributed by atoms with Crippen molar-refractivity contribution in [3.63, 3.8) is 0 Å². The van der Waals surface area contributed by atoms with Crippen LogP contribution in [0.15, 0.2) is 16.7 Å². The van der Waals surface area contributed by atoms with E-state index in [0.717, 1.165) is 0 Å². The number of nitrogens with zero attached hydrogens (tertiary/aromatic N) is 1. The molecule has 10 heteroatoms. The van der Waals surface area contributed by atoms with Gasteiger partial charge in [-0.15, -0.1) is 0 Å². The van der Waals surface area contributed by atoms with Crippen molar-refractivity contribution < 1.29 is 36.8 Å². The fourth-order valence-electron chi connectivity index (χ4n) is 1.34. The number of carboxylic acids is 1. The Labute approximate surface area is 113 Å². The van der Waals surface area contributed by atoms with Crippen LogP contribution in [0.5, 0.6) is 0 Å². The molecule has 2 aromatic rings. The molecule has 0 aliphatic heterocycles. The number of hydrogen-bond acceptors (Lipinski definition) is 4. The second-order valence-electron chi connectivity index (χ2n) is 3.68. The summed E-state index contributed by atoms with van der Waals surface area (Å²) < 4.78 is 56.8. The highest BCUT2D eigenvalue weighted by Crippen LogP contribution is 2.24. The third-order valence-electron chi connectivity index (χ3n) is 2.30. The lowest BCUT2D eigenvalue weighted by Crippen LogP contribution is -2.16. The van der Waals surface area contributed by atoms with Gasteiger partial charge in [-0.3, -0.25) is 4.79 Å². The smallest absolute Gasteiger partial charge is 0.374 e. The number of rotatable bonds is 3. The summed E-state index contributed by atoms with van der Waals surface area (Å²) in [5.74, 6) is -10.6. The van der Waals surface area contributed by atoms with Gasteiger partial charge in [-0.25, -0.2) is 22.4 Å². The maximum Gasteiger partial charge on any atom is 0.374 e. The molecular formula is C11H4F4N2O4. The zero-order valence-corrected chi connectivity index (χ0v) is 9.79. The largest absolute Gasteiger partial charge is 0.475 e. The summed E-state index contributed by atoms with van der Waals surface area (Å²) in [4.78, 5) is 22.1. The minimum absolute atomic E-state index is 0.0288. The zero-order valence-electron chi connectivity index (χ0n) is 9.79. The molecule has 110 valence electrons. The van der Waals surface area contributed by atoms with Gasteiger partial charge >= 0.3 is 5.97 Å². The van der Waals surface area contributed by atoms with Crippen molar-refractivity contribution in [3.05, 3.63) is 46.9 Å². The Balaban J connectivity index is 2.33. The quantitative estimate of drug-likeness (QED) is 0.669. The lowest BCUT2D eigenvalue weighted by atomic mass is 10.2. The van der Waals surface area contributed by atoms with Crippen LogP contribution in [-0.2, 0) is 0 Å². The number of nitrogens with one attached hydrogen (secondary N) is 1. The van der Waals surface area contributed by atoms with Crippen LogP contribution in [0.25, 0.3) is 0 Å². The Morgan fingerprint density at radius 1 is 1.10 bits per heavy atom. The second kappa shape index (κ2) is 5.23. The molecule has 0 saturated carbocycles. The molecule has 21 heavy (non-hydrogen) atoms. The predicted molar refractivity (Wildman–Crippen MR) is 57.7 cm³/mol. The average Bonchev–Trinajstić information content (AvgIpc) is 2.91. The monoisotopic (exact) mass is 304 g/mol. The molecule has 0 bridgehead atoms. The van der Waals surface area contributed by atoms with E-state index in [1.807, 2.05) is 0 Å². The molecule has 2 N–H and O–H groups in total. The fraction of sp³-hybridized carbons (Fsp3) is 0. The molecule has 1 heterocycles. The van der Waals surface area contributed by atoms with Crippen LogP contribution in [0.3, 0.4) is 0 Å². The molecule has 1 amide bonds. The molecule has 0 aliphatic carbocycles. The Bertz CT molecular complexity index is 718. The van der Waals surface area contributed by atoms with E-state index in [2.05, 4.69) is 9.68 Å². The van der Waals surface area contributed by atoms with Crippen molar-refractivity contribution in [2.75, 3.05) is 5.32 Å². The molecule has 2 rings (SSSR count). The van der Waals surface area contributed by atoms with Crippen molar-refractivity contribution in [2.45, 2.75) is 0 Å². The van der Waals surface area contributed by atoms with Crippen molar-refractivity contribution >= 4 is 17.6 Å². The van der Waals surface area contributed by atoms with E-state index >= 15 is 0 Å². The third-order valence-corrected chi connectivity index (χ3v) is 2.30. The molecule has 1 aromatic heterocycles. The van der Waals surface area contributed by atoms with Gasteiger partial charge in [-0.1, -0.05) is 5.16 Å². The number of amides is 1. The molecule has 0 saturated heterocycles. The minimum atomic E-state index is -1.82. The van der Waals surface area contributed by atoms with Crippen molar-refractivity contribution in [3.8, 4) is 0 Å². The van der Waals surface area contributed by atoms with Gasteiger partial charge in [0.2, 0.25) is 5.76 Å². The van der Waals surface area contributed by atoms with Crippen LogP contribution in [0.4, 0.5) is 23.2 Å². The molecule has 0 aliphatic rings. The first-order chi connectivity index (χ1) is 9.81. The lowest BCUT2D eigenvalue weighted by Gasteiger charge is -2.07. The average molecular weight is 304 g/mol. The Morgan fingerprint density at radius 2 is 1.67 bits per heavy atom. The number of carbonyl (C=O) groups is 2. The second-order valence-corrected chi connectivity index (χ2v) is 3.68. The molecular weight excluding hydrogens is 300 g/mol. The fourth-order valence-corrected chi connectivity index (χ4v) is 1.34. The summed E-state index contributed by atoms with van der Waals surface area (Å²) in [5.41, 5.74) is -2.01. The summed E-state index contributed by atoms with van der Waals surface area (Å²) in [7, 11) is 0. The van der Waals surface area contributed by atoms with Crippen molar-refractivity contribution in [1.82, 2.24) is 5.16 Å². The predicted octanol–water partition coefficient (Wildman–Crippen LogP) is 2.18. The first-order valence-corrected chi connectivity index (χ1v) is 5.15. The first-order valence-electron chi connectivity index (χ1n) is 5.15. The number of benzene rings is 1. The van der Waals surface area contributed by atoms with Crippen molar-refractivity contribution in [1.29, 1.82) is 0 Å². The van der Waals surface area contributed by atoms with Crippen LogP contribution in [0.2, 0.25) is 0 Å². The van der Waals surface area contributed by atoms with E-state index < -0.39 is 52.3 Å². The molecule has 0 spiro atoms. The number of anilines is 1. The van der Waals surface area contributed by atoms with Crippen LogP contribution in [-0.4, -0.2) is 22.1 Å². The Kier molecular flexibility index (Phi) is 3.61. The van der Waals surface area contributed by atoms with E-state index in [4.69, 9.17) is 5.11 Å². The van der Waals surface area contributed by atoms with Gasteiger partial charge in [-0.05, 0) is 0 Å². The van der Waals surface area contributed by atoms with Crippen LogP contribution in [0, 0.1) is 23.3 Å². The summed E-state index contributed by atoms with van der Waals surface area (Å²) in [6, 6.07) is 0.641. The summed E-state index contributed by atoms with van der Waals surface area (Å²) >= 11 is 0. The van der Waals surface area contributed by atoms with Crippen LogP contribution >= 0.6 is 0 Å². The van der Waals surface area contributed by atoms with Gasteiger partial charge in [-0.2, -0.15) is 0 Å². The molecule has 1 aromatic carbocycles. The van der Waals surface area contributed by atoms with Crippen LogP contribution in [0.1, 0.15) is 21.0 Å². The number of halogens is 4. The molecule has 0 unspecified atom stereocenters. The number of hydrogen-bond donors (Lipinski definition) is 2. The van der Waals surface area contributed by atoms with Gasteiger partial charge in [0.25, 0.3) is 5.91 Å². The Morgan fingerprint density at radius 3 is 2.14 bits per heavy atom. The minimum Gasteiger partial charge on any atom is -0.475 e. The Hall–Kier alpha value is -2.91. The van der Waals surface area contributed by atoms with E-state index in [9.17, 15) is 27.2 Å². The van der Waals surface area contributed by atoms with E-state index in [1.165, 1.54) is 0 Å². The SMILES string of the molecule is O=C(Nc1c(F)c(F)cc(F)c1F)c1cc(C(=O)O)on1. The summed E-state index contributed by atoms with van der Waals surface area (Å²) in [6.45, 7) is 0. The van der Waals surface area contributed by atoms with Crippen LogP contribution < -0.4 is 5.32 Å². The van der Waals surface area contributed by atoms with Gasteiger partial charge < -0.3 is 14.9 Å². The highest BCUT2D eigenvalue weighted by Gasteiger charge is 2.23. The highest BCUT2D eigenvalue weighted by molar-refractivity contribution is 6.03. The van der Waals surface area contributed by atoms with E-state index in [0.29, 0.717) is 6.07 Å². The maximum absolute atomic E-state index is 13.3. The third kappa shape index (κ3) is 2.68. The number of aromatic carboxylic acids is 1. The van der Waals surface area contributed by atoms with Gasteiger partial charge in [0.1, 0.15) is 5.69 Å². The molecule has 0 fully saturated rings. The normalized spacial score (nSPS) is 10.5. The maximum atomic E-state index is 13.3. The lowest BCUT2D eigenvalue weighted by molar-refractivity contribution is 0.0651. The van der Waals surface area contributed by atoms with Gasteiger partial charge in [0, 0.05) is 12.1 Å². The zero-order chi connectivity index (χ0) is 15.7. The van der Waals surface area contributed by atoms with Crippen molar-refractivity contribution in [2.24, 2.45) is 0 Å². The number of carbonyl (C=O) groups excluding carboxylic acids is 1. The summed E-state index contributed by atoms with van der Waals surface area (Å²) in [6.07, 6.45) is 0. The highest BCUT2D eigenvalue weighted by atomic mass is 19.2. The number of aromatic nitrogens is 1. The summed E-state index contributed by atoms with van der Waals surface area (Å²) in [5, 5.41) is 13.1. The molecule has 6 nitrogen and oxygen atoms in total. The first kappa shape index (κ1) is 14.5. The molecule has 0 radical (unpaired) electrons. The topological polar surface area (TPSA) is 92.4 Å². The number of carboxylic acid groups (broad SMARTS) is 1. The molecule has 0 atom stereocenters. The van der Waals surface area contributed by atoms with E-state index in [-0.39, 0.29) is 6.07 Å². The van der Waals surface area contributed by atoms with Gasteiger partial charge in [0.05, 0.1) is 0 Å². The van der Waals surface area contributed by atoms with Gasteiger partial charge in [0.15, 0.2) is 29.0 Å².